The van der Waals surface area contributed by atoms with Crippen LogP contribution in [0.25, 0.3) is 0 Å². The summed E-state index contributed by atoms with van der Waals surface area (Å²) in [6.45, 7) is 2.42. The van der Waals surface area contributed by atoms with Crippen LogP contribution in [0.1, 0.15) is 6.42 Å². The predicted molar refractivity (Wildman–Crippen MR) is 86.2 cm³/mol. The third kappa shape index (κ3) is 3.38. The molecule has 1 aromatic rings. The monoisotopic (exact) mass is 358 g/mol. The maximum atomic E-state index is 12.7. The number of nitrogens with one attached hydrogen (secondary N) is 1. The maximum Gasteiger partial charge on any atom is 0.239 e. The normalized spacial score (nSPS) is 25.5. The van der Waals surface area contributed by atoms with Crippen LogP contribution in [-0.4, -0.2) is 63.4 Å². The Morgan fingerprint density at radius 2 is 1.96 bits per heavy atom. The van der Waals surface area contributed by atoms with Gasteiger partial charge in [0, 0.05) is 19.6 Å². The van der Waals surface area contributed by atoms with Gasteiger partial charge in [-0.05, 0) is 18.6 Å². The maximum absolute atomic E-state index is 12.7. The van der Waals surface area contributed by atoms with Crippen LogP contribution < -0.4 is 5.32 Å². The second kappa shape index (κ2) is 6.76. The summed E-state index contributed by atoms with van der Waals surface area (Å²) < 4.78 is 30.7. The van der Waals surface area contributed by atoms with E-state index in [1.54, 1.807) is 23.1 Å². The molecule has 1 N–H and O–H groups in total. The zero-order valence-corrected chi connectivity index (χ0v) is 14.1. The molecule has 0 bridgehead atoms. The SMILES string of the molecule is O=C(C1CC(S(=O)(=O)c2ccccc2Cl)CN1)N1CCOCC1. The van der Waals surface area contributed by atoms with Gasteiger partial charge in [-0.15, -0.1) is 0 Å². The summed E-state index contributed by atoms with van der Waals surface area (Å²) in [5.41, 5.74) is 0. The molecule has 2 unspecified atom stereocenters. The van der Waals surface area contributed by atoms with E-state index in [4.69, 9.17) is 16.3 Å². The van der Waals surface area contributed by atoms with Gasteiger partial charge in [0.15, 0.2) is 9.84 Å². The molecule has 1 aromatic carbocycles. The fraction of sp³-hybridized carbons (Fsp3) is 0.533. The average Bonchev–Trinajstić information content (AvgIpc) is 3.06. The van der Waals surface area contributed by atoms with Gasteiger partial charge in [0.25, 0.3) is 0 Å². The zero-order valence-electron chi connectivity index (χ0n) is 12.6. The number of sulfone groups is 1. The number of hydrogen-bond acceptors (Lipinski definition) is 5. The molecule has 8 heteroatoms. The van der Waals surface area contributed by atoms with Crippen molar-refractivity contribution in [2.45, 2.75) is 22.6 Å². The molecule has 2 aliphatic rings. The molecule has 23 heavy (non-hydrogen) atoms. The van der Waals surface area contributed by atoms with Gasteiger partial charge in [-0.25, -0.2) is 8.42 Å². The van der Waals surface area contributed by atoms with Gasteiger partial charge in [0.1, 0.15) is 0 Å². The van der Waals surface area contributed by atoms with E-state index in [1.807, 2.05) is 0 Å². The van der Waals surface area contributed by atoms with Crippen molar-refractivity contribution >= 4 is 27.3 Å². The van der Waals surface area contributed by atoms with Gasteiger partial charge < -0.3 is 15.0 Å². The number of amides is 1. The highest BCUT2D eigenvalue weighted by Gasteiger charge is 2.40. The van der Waals surface area contributed by atoms with Crippen molar-refractivity contribution in [2.24, 2.45) is 0 Å². The van der Waals surface area contributed by atoms with Crippen LogP contribution in [0.2, 0.25) is 5.02 Å². The summed E-state index contributed by atoms with van der Waals surface area (Å²) in [5, 5.41) is 2.62. The lowest BCUT2D eigenvalue weighted by Crippen LogP contribution is -2.48. The van der Waals surface area contributed by atoms with Crippen molar-refractivity contribution < 1.29 is 17.9 Å². The molecule has 2 saturated heterocycles. The largest absolute Gasteiger partial charge is 0.378 e. The van der Waals surface area contributed by atoms with E-state index < -0.39 is 21.1 Å². The highest BCUT2D eigenvalue weighted by molar-refractivity contribution is 7.92. The number of rotatable bonds is 3. The van der Waals surface area contributed by atoms with Crippen LogP contribution in [0.3, 0.4) is 0 Å². The van der Waals surface area contributed by atoms with E-state index in [2.05, 4.69) is 5.32 Å². The molecule has 2 atom stereocenters. The molecule has 126 valence electrons. The van der Waals surface area contributed by atoms with E-state index in [0.717, 1.165) is 0 Å². The molecule has 3 rings (SSSR count). The van der Waals surface area contributed by atoms with Crippen molar-refractivity contribution in [3.05, 3.63) is 29.3 Å². The zero-order chi connectivity index (χ0) is 16.4. The van der Waals surface area contributed by atoms with Crippen LogP contribution in [0.15, 0.2) is 29.2 Å². The van der Waals surface area contributed by atoms with Crippen LogP contribution in [0.4, 0.5) is 0 Å². The van der Waals surface area contributed by atoms with E-state index in [0.29, 0.717) is 26.3 Å². The molecule has 2 aliphatic heterocycles. The van der Waals surface area contributed by atoms with Crippen molar-refractivity contribution in [2.75, 3.05) is 32.8 Å². The van der Waals surface area contributed by atoms with Crippen LogP contribution in [0, 0.1) is 0 Å². The summed E-state index contributed by atoms with van der Waals surface area (Å²) in [7, 11) is -3.56. The lowest BCUT2D eigenvalue weighted by Gasteiger charge is -2.29. The minimum atomic E-state index is -3.56. The quantitative estimate of drug-likeness (QED) is 0.861. The average molecular weight is 359 g/mol. The molecule has 2 fully saturated rings. The van der Waals surface area contributed by atoms with Gasteiger partial charge in [-0.1, -0.05) is 23.7 Å². The fourth-order valence-corrected chi connectivity index (χ4v) is 5.17. The molecular formula is C15H19ClN2O4S. The van der Waals surface area contributed by atoms with Crippen LogP contribution >= 0.6 is 11.6 Å². The molecule has 6 nitrogen and oxygen atoms in total. The van der Waals surface area contributed by atoms with Gasteiger partial charge in [-0.2, -0.15) is 0 Å². The Morgan fingerprint density at radius 1 is 1.26 bits per heavy atom. The van der Waals surface area contributed by atoms with E-state index in [1.165, 1.54) is 6.07 Å². The Morgan fingerprint density at radius 3 is 2.65 bits per heavy atom. The number of hydrogen-bond donors (Lipinski definition) is 1. The fourth-order valence-electron chi connectivity index (χ4n) is 2.99. The van der Waals surface area contributed by atoms with E-state index >= 15 is 0 Å². The number of carbonyl (C=O) groups is 1. The predicted octanol–water partition coefficient (Wildman–Crippen LogP) is 0.703. The molecule has 2 heterocycles. The minimum Gasteiger partial charge on any atom is -0.378 e. The first kappa shape index (κ1) is 16.7. The van der Waals surface area contributed by atoms with Gasteiger partial charge in [0.2, 0.25) is 5.91 Å². The van der Waals surface area contributed by atoms with E-state index in [9.17, 15) is 13.2 Å². The number of benzene rings is 1. The molecule has 0 radical (unpaired) electrons. The highest BCUT2D eigenvalue weighted by Crippen LogP contribution is 2.28. The molecule has 0 saturated carbocycles. The number of halogens is 1. The molecule has 0 aliphatic carbocycles. The second-order valence-corrected chi connectivity index (χ2v) is 8.34. The third-order valence-electron chi connectivity index (χ3n) is 4.29. The van der Waals surface area contributed by atoms with Gasteiger partial charge >= 0.3 is 0 Å². The molecule has 0 aromatic heterocycles. The molecular weight excluding hydrogens is 340 g/mol. The Hall–Kier alpha value is -1.15. The standard InChI is InChI=1S/C15H19ClN2O4S/c16-12-3-1-2-4-14(12)23(20,21)11-9-13(17-10-11)15(19)18-5-7-22-8-6-18/h1-4,11,13,17H,5-10H2. The van der Waals surface area contributed by atoms with Gasteiger partial charge in [0.05, 0.1) is 34.4 Å². The van der Waals surface area contributed by atoms with Crippen LogP contribution in [0.5, 0.6) is 0 Å². The highest BCUT2D eigenvalue weighted by atomic mass is 35.5. The van der Waals surface area contributed by atoms with E-state index in [-0.39, 0.29) is 28.8 Å². The van der Waals surface area contributed by atoms with Crippen molar-refractivity contribution in [1.29, 1.82) is 0 Å². The number of morpholine rings is 1. The summed E-state index contributed by atoms with van der Waals surface area (Å²) >= 11 is 6.02. The summed E-state index contributed by atoms with van der Waals surface area (Å²) in [6.07, 6.45) is 0.268. The topological polar surface area (TPSA) is 75.7 Å². The lowest BCUT2D eigenvalue weighted by molar-refractivity contribution is -0.137. The van der Waals surface area contributed by atoms with Crippen molar-refractivity contribution in [3.8, 4) is 0 Å². The Balaban J connectivity index is 1.72. The Labute approximate surface area is 140 Å². The number of ether oxygens (including phenoxy) is 1. The first-order valence-corrected chi connectivity index (χ1v) is 9.51. The number of nitrogens with zero attached hydrogens (tertiary/aromatic N) is 1. The third-order valence-corrected chi connectivity index (χ3v) is 6.94. The number of carbonyl (C=O) groups excluding carboxylic acids is 1. The first-order valence-electron chi connectivity index (χ1n) is 7.58. The second-order valence-electron chi connectivity index (χ2n) is 5.73. The van der Waals surface area contributed by atoms with Gasteiger partial charge in [-0.3, -0.25) is 4.79 Å². The summed E-state index contributed by atoms with van der Waals surface area (Å²) in [6, 6.07) is 5.95. The summed E-state index contributed by atoms with van der Waals surface area (Å²) in [5.74, 6) is -0.0508. The molecule has 1 amide bonds. The van der Waals surface area contributed by atoms with Crippen LogP contribution in [-0.2, 0) is 19.4 Å². The van der Waals surface area contributed by atoms with Crippen molar-refractivity contribution in [1.82, 2.24) is 10.2 Å². The minimum absolute atomic E-state index is 0.0508. The lowest BCUT2D eigenvalue weighted by atomic mass is 10.2. The van der Waals surface area contributed by atoms with Crippen molar-refractivity contribution in [3.63, 3.8) is 0 Å². The molecule has 0 spiro atoms. The Kier molecular flexibility index (Phi) is 4.91. The Bertz CT molecular complexity index is 688. The summed E-state index contributed by atoms with van der Waals surface area (Å²) in [4.78, 5) is 14.3. The smallest absolute Gasteiger partial charge is 0.239 e. The first-order chi connectivity index (χ1) is 11.0.